The van der Waals surface area contributed by atoms with Gasteiger partial charge in [-0.1, -0.05) is 23.7 Å². The Morgan fingerprint density at radius 2 is 1.70 bits per heavy atom. The van der Waals surface area contributed by atoms with Crippen LogP contribution in [0.15, 0.2) is 48.5 Å². The van der Waals surface area contributed by atoms with Crippen LogP contribution in [0.3, 0.4) is 0 Å². The number of para-hydroxylation sites is 1. The number of carbonyl (C=O) groups is 3. The first-order valence-corrected chi connectivity index (χ1v) is 8.73. The van der Waals surface area contributed by atoms with Crippen molar-refractivity contribution in [3.63, 3.8) is 0 Å². The maximum atomic E-state index is 12.4. The van der Waals surface area contributed by atoms with Gasteiger partial charge in [-0.3, -0.25) is 14.4 Å². The fourth-order valence-corrected chi connectivity index (χ4v) is 2.54. The summed E-state index contributed by atoms with van der Waals surface area (Å²) in [5.41, 5.74) is 6.63. The van der Waals surface area contributed by atoms with Crippen molar-refractivity contribution in [2.45, 2.75) is 13.0 Å². The van der Waals surface area contributed by atoms with E-state index in [0.29, 0.717) is 26.9 Å². The Morgan fingerprint density at radius 1 is 1.07 bits per heavy atom. The van der Waals surface area contributed by atoms with Crippen molar-refractivity contribution in [3.05, 3.63) is 59.1 Å². The van der Waals surface area contributed by atoms with Crippen molar-refractivity contribution in [2.24, 2.45) is 5.73 Å². The van der Waals surface area contributed by atoms with Crippen LogP contribution in [0.1, 0.15) is 17.3 Å². The van der Waals surface area contributed by atoms with Crippen LogP contribution in [0, 0.1) is 0 Å². The first kappa shape index (κ1) is 20.4. The number of hydrogen-bond donors (Lipinski definition) is 4. The monoisotopic (exact) mass is 389 g/mol. The molecular formula is C19H22ClN4O3+. The zero-order valence-corrected chi connectivity index (χ0v) is 15.8. The predicted molar refractivity (Wildman–Crippen MR) is 105 cm³/mol. The number of likely N-dealkylation sites (N-methyl/N-ethyl adjacent to an activating group) is 1. The van der Waals surface area contributed by atoms with E-state index >= 15 is 0 Å². The lowest BCUT2D eigenvalue weighted by molar-refractivity contribution is -0.885. The largest absolute Gasteiger partial charge is 0.366 e. The van der Waals surface area contributed by atoms with Crippen LogP contribution in [0.25, 0.3) is 0 Å². The lowest BCUT2D eigenvalue weighted by Gasteiger charge is -2.20. The number of benzene rings is 2. The van der Waals surface area contributed by atoms with E-state index in [1.54, 1.807) is 50.4 Å². The average molecular weight is 390 g/mol. The van der Waals surface area contributed by atoms with Crippen LogP contribution in [-0.2, 0) is 9.59 Å². The van der Waals surface area contributed by atoms with E-state index < -0.39 is 11.9 Å². The van der Waals surface area contributed by atoms with E-state index in [-0.39, 0.29) is 18.4 Å². The summed E-state index contributed by atoms with van der Waals surface area (Å²) in [5.74, 6) is -1.02. The molecule has 2 aromatic carbocycles. The topological polar surface area (TPSA) is 106 Å². The smallest absolute Gasteiger partial charge is 0.282 e. The summed E-state index contributed by atoms with van der Waals surface area (Å²) in [6.07, 6.45) is 0. The molecule has 0 fully saturated rings. The molecule has 0 spiro atoms. The third-order valence-electron chi connectivity index (χ3n) is 4.16. The van der Waals surface area contributed by atoms with Crippen LogP contribution in [0.5, 0.6) is 0 Å². The van der Waals surface area contributed by atoms with Crippen molar-refractivity contribution >= 4 is 40.7 Å². The standard InChI is InChI=1S/C19H21ClN4O3/c1-12(19(27)22-14-9-7-13(8-10-14)18(21)26)24(2)11-17(25)23-16-6-4-3-5-15(16)20/h3-10,12H,11H2,1-2H3,(H2,21,26)(H,22,27)(H,23,25)/p+1/t12-/m1/s1. The SMILES string of the molecule is C[C@H](C(=O)Nc1ccc(C(N)=O)cc1)[NH+](C)CC(=O)Nc1ccccc1Cl. The number of rotatable bonds is 7. The molecule has 0 saturated heterocycles. The summed E-state index contributed by atoms with van der Waals surface area (Å²) in [5, 5.41) is 5.94. The summed E-state index contributed by atoms with van der Waals surface area (Å²) >= 11 is 6.02. The molecule has 0 aromatic heterocycles. The summed E-state index contributed by atoms with van der Waals surface area (Å²) in [6, 6.07) is 12.8. The van der Waals surface area contributed by atoms with Gasteiger partial charge in [-0.05, 0) is 43.3 Å². The van der Waals surface area contributed by atoms with Gasteiger partial charge in [0.05, 0.1) is 17.8 Å². The van der Waals surface area contributed by atoms with E-state index in [2.05, 4.69) is 10.6 Å². The minimum absolute atomic E-state index is 0.0976. The molecule has 2 aromatic rings. The van der Waals surface area contributed by atoms with Crippen LogP contribution in [0.2, 0.25) is 5.02 Å². The van der Waals surface area contributed by atoms with Gasteiger partial charge in [0.15, 0.2) is 12.6 Å². The number of anilines is 2. The van der Waals surface area contributed by atoms with Crippen molar-refractivity contribution in [1.29, 1.82) is 0 Å². The van der Waals surface area contributed by atoms with E-state index in [1.165, 1.54) is 12.1 Å². The molecule has 2 atom stereocenters. The van der Waals surface area contributed by atoms with E-state index in [1.807, 2.05) is 0 Å². The van der Waals surface area contributed by atoms with Crippen LogP contribution >= 0.6 is 11.6 Å². The number of carbonyl (C=O) groups excluding carboxylic acids is 3. The molecule has 27 heavy (non-hydrogen) atoms. The first-order chi connectivity index (χ1) is 12.8. The molecular weight excluding hydrogens is 368 g/mol. The highest BCUT2D eigenvalue weighted by molar-refractivity contribution is 6.33. The fraction of sp³-hybridized carbons (Fsp3) is 0.211. The Balaban J connectivity index is 1.90. The Kier molecular flexibility index (Phi) is 6.92. The van der Waals surface area contributed by atoms with E-state index in [0.717, 1.165) is 0 Å². The number of halogens is 1. The molecule has 7 nitrogen and oxygen atoms in total. The normalized spacial score (nSPS) is 12.7. The van der Waals surface area contributed by atoms with Crippen molar-refractivity contribution < 1.29 is 19.3 Å². The van der Waals surface area contributed by atoms with Crippen molar-refractivity contribution in [2.75, 3.05) is 24.2 Å². The van der Waals surface area contributed by atoms with Crippen molar-refractivity contribution in [3.8, 4) is 0 Å². The minimum Gasteiger partial charge on any atom is -0.366 e. The second kappa shape index (κ2) is 9.16. The molecule has 0 radical (unpaired) electrons. The fourth-order valence-electron chi connectivity index (χ4n) is 2.36. The van der Waals surface area contributed by atoms with Gasteiger partial charge in [0, 0.05) is 11.3 Å². The van der Waals surface area contributed by atoms with Gasteiger partial charge in [-0.25, -0.2) is 0 Å². The molecule has 2 rings (SSSR count). The number of nitrogens with two attached hydrogens (primary N) is 1. The maximum Gasteiger partial charge on any atom is 0.282 e. The Labute approximate surface area is 162 Å². The molecule has 0 aliphatic heterocycles. The highest BCUT2D eigenvalue weighted by Crippen LogP contribution is 2.19. The molecule has 5 N–H and O–H groups in total. The molecule has 0 aliphatic rings. The van der Waals surface area contributed by atoms with Gasteiger partial charge in [0.25, 0.3) is 11.8 Å². The van der Waals surface area contributed by atoms with Gasteiger partial charge >= 0.3 is 0 Å². The molecule has 0 heterocycles. The number of nitrogens with one attached hydrogen (secondary N) is 3. The number of primary amides is 1. The molecule has 0 aliphatic carbocycles. The molecule has 142 valence electrons. The van der Waals surface area contributed by atoms with E-state index in [4.69, 9.17) is 17.3 Å². The summed E-state index contributed by atoms with van der Waals surface area (Å²) in [4.78, 5) is 36.4. The predicted octanol–water partition coefficient (Wildman–Crippen LogP) is 0.919. The zero-order valence-electron chi connectivity index (χ0n) is 15.1. The molecule has 0 saturated carbocycles. The number of amides is 3. The highest BCUT2D eigenvalue weighted by atomic mass is 35.5. The second-order valence-corrected chi connectivity index (χ2v) is 6.61. The zero-order chi connectivity index (χ0) is 20.0. The number of quaternary nitrogens is 1. The van der Waals surface area contributed by atoms with Gasteiger partial charge in [0.2, 0.25) is 5.91 Å². The Hall–Kier alpha value is -2.90. The lowest BCUT2D eigenvalue weighted by atomic mass is 10.2. The van der Waals surface area contributed by atoms with Crippen LogP contribution < -0.4 is 21.3 Å². The third-order valence-corrected chi connectivity index (χ3v) is 4.49. The van der Waals surface area contributed by atoms with Crippen LogP contribution in [-0.4, -0.2) is 37.4 Å². The summed E-state index contributed by atoms with van der Waals surface area (Å²) in [6.45, 7) is 1.83. The lowest BCUT2D eigenvalue weighted by Crippen LogP contribution is -3.14. The Bertz CT molecular complexity index is 839. The highest BCUT2D eigenvalue weighted by Gasteiger charge is 2.24. The maximum absolute atomic E-state index is 12.4. The van der Waals surface area contributed by atoms with Gasteiger partial charge in [-0.2, -0.15) is 0 Å². The average Bonchev–Trinajstić information content (AvgIpc) is 2.63. The van der Waals surface area contributed by atoms with Gasteiger partial charge < -0.3 is 21.3 Å². The molecule has 3 amide bonds. The Morgan fingerprint density at radius 3 is 2.30 bits per heavy atom. The van der Waals surface area contributed by atoms with E-state index in [9.17, 15) is 14.4 Å². The minimum atomic E-state index is -0.532. The number of hydrogen-bond acceptors (Lipinski definition) is 3. The summed E-state index contributed by atoms with van der Waals surface area (Å²) < 4.78 is 0. The van der Waals surface area contributed by atoms with Crippen LogP contribution in [0.4, 0.5) is 11.4 Å². The van der Waals surface area contributed by atoms with Gasteiger partial charge in [0.1, 0.15) is 0 Å². The summed E-state index contributed by atoms with van der Waals surface area (Å²) in [7, 11) is 1.76. The van der Waals surface area contributed by atoms with Gasteiger partial charge in [-0.15, -0.1) is 0 Å². The van der Waals surface area contributed by atoms with Crippen molar-refractivity contribution in [1.82, 2.24) is 0 Å². The second-order valence-electron chi connectivity index (χ2n) is 6.20. The quantitative estimate of drug-likeness (QED) is 0.565. The molecule has 1 unspecified atom stereocenters. The molecule has 8 heteroatoms. The third kappa shape index (κ3) is 5.80. The first-order valence-electron chi connectivity index (χ1n) is 8.35. The molecule has 0 bridgehead atoms.